The number of fused-ring (bicyclic) bond motifs is 1. The lowest BCUT2D eigenvalue weighted by molar-refractivity contribution is -0.149. The van der Waals surface area contributed by atoms with Crippen LogP contribution >= 0.6 is 0 Å². The van der Waals surface area contributed by atoms with Gasteiger partial charge in [-0.2, -0.15) is 0 Å². The predicted molar refractivity (Wildman–Crippen MR) is 99.6 cm³/mol. The van der Waals surface area contributed by atoms with Crippen LogP contribution in [0.15, 0.2) is 29.2 Å². The summed E-state index contributed by atoms with van der Waals surface area (Å²) >= 11 is 0. The molecule has 8 heteroatoms. The molecule has 2 aliphatic rings. The zero-order valence-corrected chi connectivity index (χ0v) is 16.2. The number of carbonyl (C=O) groups is 2. The van der Waals surface area contributed by atoms with Crippen molar-refractivity contribution in [3.63, 3.8) is 0 Å². The highest BCUT2D eigenvalue weighted by Crippen LogP contribution is 2.40. The number of amides is 1. The van der Waals surface area contributed by atoms with Crippen molar-refractivity contribution in [3.05, 3.63) is 29.8 Å². The summed E-state index contributed by atoms with van der Waals surface area (Å²) in [4.78, 5) is 26.2. The minimum atomic E-state index is -3.48. The standard InChI is InChI=1S/C19H26N2O5S/c1-20-27(25,26)15-9-6-13(7-10-15)8-11-18(22)21-16-5-3-2-4-14(16)12-17(21)19(23)24/h6-7,9-10,14,16-17,20H,2-5,8,11-12H2,1H3,(H,23,24)/t14-,16+,17-/m0/s1. The predicted octanol–water partition coefficient (Wildman–Crippen LogP) is 1.77. The summed E-state index contributed by atoms with van der Waals surface area (Å²) in [6.45, 7) is 0. The van der Waals surface area contributed by atoms with Crippen LogP contribution in [0.2, 0.25) is 0 Å². The molecule has 0 unspecified atom stereocenters. The fourth-order valence-corrected chi connectivity index (χ4v) is 5.10. The van der Waals surface area contributed by atoms with Crippen molar-refractivity contribution in [2.75, 3.05) is 7.05 Å². The maximum absolute atomic E-state index is 12.8. The van der Waals surface area contributed by atoms with Gasteiger partial charge >= 0.3 is 5.97 Å². The number of nitrogens with zero attached hydrogens (tertiary/aromatic N) is 1. The fraction of sp³-hybridized carbons (Fsp3) is 0.579. The van der Waals surface area contributed by atoms with E-state index >= 15 is 0 Å². The van der Waals surface area contributed by atoms with Gasteiger partial charge in [0.25, 0.3) is 0 Å². The van der Waals surface area contributed by atoms with Crippen molar-refractivity contribution < 1.29 is 23.1 Å². The van der Waals surface area contributed by atoms with E-state index in [0.717, 1.165) is 31.2 Å². The van der Waals surface area contributed by atoms with Crippen LogP contribution in [0, 0.1) is 5.92 Å². The Kier molecular flexibility index (Phi) is 5.86. The maximum atomic E-state index is 12.8. The lowest BCUT2D eigenvalue weighted by atomic mass is 9.84. The Balaban J connectivity index is 1.66. The van der Waals surface area contributed by atoms with Crippen molar-refractivity contribution in [1.82, 2.24) is 9.62 Å². The zero-order valence-electron chi connectivity index (χ0n) is 15.4. The summed E-state index contributed by atoms with van der Waals surface area (Å²) in [6.07, 6.45) is 5.28. The van der Waals surface area contributed by atoms with Crippen LogP contribution in [0.1, 0.15) is 44.1 Å². The second-order valence-electron chi connectivity index (χ2n) is 7.35. The number of rotatable bonds is 6. The van der Waals surface area contributed by atoms with Gasteiger partial charge in [0.05, 0.1) is 4.90 Å². The molecule has 1 aliphatic carbocycles. The van der Waals surface area contributed by atoms with E-state index < -0.39 is 22.0 Å². The molecule has 1 aliphatic heterocycles. The lowest BCUT2D eigenvalue weighted by Gasteiger charge is -2.33. The first-order valence-electron chi connectivity index (χ1n) is 9.40. The van der Waals surface area contributed by atoms with Crippen LogP contribution in [0.5, 0.6) is 0 Å². The molecule has 3 rings (SSSR count). The molecule has 1 amide bonds. The Labute approximate surface area is 159 Å². The minimum Gasteiger partial charge on any atom is -0.480 e. The van der Waals surface area contributed by atoms with E-state index in [1.165, 1.54) is 19.2 Å². The summed E-state index contributed by atoms with van der Waals surface area (Å²) in [5, 5.41) is 9.54. The molecule has 1 aromatic rings. The molecule has 2 fully saturated rings. The number of likely N-dealkylation sites (tertiary alicyclic amines) is 1. The number of carboxylic acids is 1. The largest absolute Gasteiger partial charge is 0.480 e. The smallest absolute Gasteiger partial charge is 0.326 e. The molecule has 1 aromatic carbocycles. The molecule has 2 N–H and O–H groups in total. The topological polar surface area (TPSA) is 104 Å². The van der Waals surface area contributed by atoms with E-state index in [0.29, 0.717) is 18.8 Å². The van der Waals surface area contributed by atoms with Gasteiger partial charge in [0.15, 0.2) is 0 Å². The molecular weight excluding hydrogens is 368 g/mol. The average Bonchev–Trinajstić information content (AvgIpc) is 3.06. The van der Waals surface area contributed by atoms with Crippen molar-refractivity contribution >= 4 is 21.9 Å². The minimum absolute atomic E-state index is 0.0514. The van der Waals surface area contributed by atoms with Gasteiger partial charge in [-0.15, -0.1) is 0 Å². The van der Waals surface area contributed by atoms with E-state index in [1.54, 1.807) is 17.0 Å². The monoisotopic (exact) mass is 394 g/mol. The Morgan fingerprint density at radius 1 is 1.19 bits per heavy atom. The van der Waals surface area contributed by atoms with Crippen molar-refractivity contribution in [1.29, 1.82) is 0 Å². The Morgan fingerprint density at radius 3 is 2.48 bits per heavy atom. The third-order valence-corrected chi connectivity index (χ3v) is 7.22. The highest BCUT2D eigenvalue weighted by atomic mass is 32.2. The SMILES string of the molecule is CNS(=O)(=O)c1ccc(CCC(=O)N2[C@@H]3CCCC[C@H]3C[C@H]2C(=O)O)cc1. The first-order valence-corrected chi connectivity index (χ1v) is 10.9. The second kappa shape index (κ2) is 7.98. The van der Waals surface area contributed by atoms with E-state index in [9.17, 15) is 23.1 Å². The fourth-order valence-electron chi connectivity index (χ4n) is 4.37. The van der Waals surface area contributed by atoms with Crippen LogP contribution in [-0.4, -0.2) is 49.4 Å². The maximum Gasteiger partial charge on any atom is 0.326 e. The van der Waals surface area contributed by atoms with Gasteiger partial charge in [-0.25, -0.2) is 17.9 Å². The second-order valence-corrected chi connectivity index (χ2v) is 9.24. The van der Waals surface area contributed by atoms with Gasteiger partial charge in [-0.3, -0.25) is 4.79 Å². The first kappa shape index (κ1) is 19.8. The van der Waals surface area contributed by atoms with Crippen LogP contribution < -0.4 is 4.72 Å². The number of carboxylic acid groups (broad SMARTS) is 1. The van der Waals surface area contributed by atoms with E-state index in [1.807, 2.05) is 0 Å². The van der Waals surface area contributed by atoms with Gasteiger partial charge in [0.1, 0.15) is 6.04 Å². The third-order valence-electron chi connectivity index (χ3n) is 5.79. The van der Waals surface area contributed by atoms with Crippen LogP contribution in [0.25, 0.3) is 0 Å². The Bertz CT molecular complexity index is 806. The molecule has 0 bridgehead atoms. The molecule has 1 saturated carbocycles. The van der Waals surface area contributed by atoms with Crippen LogP contribution in [0.4, 0.5) is 0 Å². The Hall–Kier alpha value is -1.93. The van der Waals surface area contributed by atoms with Gasteiger partial charge in [0.2, 0.25) is 15.9 Å². The normalized spacial score (nSPS) is 25.2. The van der Waals surface area contributed by atoms with E-state index in [-0.39, 0.29) is 23.3 Å². The summed E-state index contributed by atoms with van der Waals surface area (Å²) in [7, 11) is -2.12. The first-order chi connectivity index (χ1) is 12.8. The quantitative estimate of drug-likeness (QED) is 0.765. The number of aliphatic carboxylic acids is 1. The molecule has 3 atom stereocenters. The molecule has 0 radical (unpaired) electrons. The van der Waals surface area contributed by atoms with Gasteiger partial charge in [-0.1, -0.05) is 25.0 Å². The number of hydrogen-bond acceptors (Lipinski definition) is 4. The van der Waals surface area contributed by atoms with Crippen molar-refractivity contribution in [2.45, 2.75) is 61.9 Å². The van der Waals surface area contributed by atoms with Crippen LogP contribution in [-0.2, 0) is 26.0 Å². The number of aryl methyl sites for hydroxylation is 1. The summed E-state index contributed by atoms with van der Waals surface area (Å²) in [6, 6.07) is 5.75. The van der Waals surface area contributed by atoms with E-state index in [4.69, 9.17) is 0 Å². The summed E-state index contributed by atoms with van der Waals surface area (Å²) < 4.78 is 25.8. The highest BCUT2D eigenvalue weighted by molar-refractivity contribution is 7.89. The van der Waals surface area contributed by atoms with Gasteiger partial charge in [-0.05, 0) is 56.3 Å². The molecular formula is C19H26N2O5S. The highest BCUT2D eigenvalue weighted by Gasteiger charge is 2.47. The number of nitrogens with one attached hydrogen (secondary N) is 1. The van der Waals surface area contributed by atoms with Crippen LogP contribution in [0.3, 0.4) is 0 Å². The summed E-state index contributed by atoms with van der Waals surface area (Å²) in [5.41, 5.74) is 0.852. The lowest BCUT2D eigenvalue weighted by Crippen LogP contribution is -2.46. The zero-order chi connectivity index (χ0) is 19.6. The molecule has 1 saturated heterocycles. The third kappa shape index (κ3) is 4.16. The van der Waals surface area contributed by atoms with Gasteiger partial charge < -0.3 is 10.0 Å². The van der Waals surface area contributed by atoms with Crippen molar-refractivity contribution in [2.24, 2.45) is 5.92 Å². The summed E-state index contributed by atoms with van der Waals surface area (Å²) in [5.74, 6) is -0.738. The molecule has 7 nitrogen and oxygen atoms in total. The number of sulfonamides is 1. The molecule has 1 heterocycles. The van der Waals surface area contributed by atoms with E-state index in [2.05, 4.69) is 4.72 Å². The van der Waals surface area contributed by atoms with Gasteiger partial charge in [0, 0.05) is 12.5 Å². The number of hydrogen-bond donors (Lipinski definition) is 2. The molecule has 0 aromatic heterocycles. The molecule has 27 heavy (non-hydrogen) atoms. The molecule has 148 valence electrons. The average molecular weight is 394 g/mol. The number of benzene rings is 1. The molecule has 0 spiro atoms. The Morgan fingerprint density at radius 2 is 1.85 bits per heavy atom. The van der Waals surface area contributed by atoms with Crippen molar-refractivity contribution in [3.8, 4) is 0 Å². The number of carbonyl (C=O) groups excluding carboxylic acids is 1.